The van der Waals surface area contributed by atoms with E-state index < -0.39 is 10.0 Å². The first-order valence-electron chi connectivity index (χ1n) is 5.70. The highest BCUT2D eigenvalue weighted by molar-refractivity contribution is 7.89. The van der Waals surface area contributed by atoms with Gasteiger partial charge in [0.15, 0.2) is 0 Å². The summed E-state index contributed by atoms with van der Waals surface area (Å²) in [7, 11) is -3.25. The minimum atomic E-state index is -3.25. The van der Waals surface area contributed by atoms with Gasteiger partial charge in [-0.1, -0.05) is 13.8 Å². The van der Waals surface area contributed by atoms with Crippen molar-refractivity contribution in [3.8, 4) is 0 Å². The molecule has 6 heteroatoms. The van der Waals surface area contributed by atoms with E-state index >= 15 is 0 Å². The molecule has 0 bridgehead atoms. The molecule has 0 aliphatic carbocycles. The number of ether oxygens (including phenoxy) is 1. The van der Waals surface area contributed by atoms with Gasteiger partial charge in [-0.3, -0.25) is 0 Å². The second kappa shape index (κ2) is 8.00. The van der Waals surface area contributed by atoms with E-state index in [-0.39, 0.29) is 24.3 Å². The summed E-state index contributed by atoms with van der Waals surface area (Å²) in [5.74, 6) is 0.250. The van der Waals surface area contributed by atoms with Crippen LogP contribution < -0.4 is 10.5 Å². The highest BCUT2D eigenvalue weighted by Crippen LogP contribution is 2.06. The van der Waals surface area contributed by atoms with E-state index in [1.807, 2.05) is 20.8 Å². The Hall–Kier alpha value is -0.170. The first-order chi connectivity index (χ1) is 7.43. The fraction of sp³-hybridized carbons (Fsp3) is 1.00. The predicted octanol–water partition coefficient (Wildman–Crippen LogP) is 0.316. The number of nitrogens with one attached hydrogen (secondary N) is 1. The molecule has 0 saturated carbocycles. The van der Waals surface area contributed by atoms with Crippen LogP contribution in [0.5, 0.6) is 0 Å². The molecule has 3 N–H and O–H groups in total. The van der Waals surface area contributed by atoms with Gasteiger partial charge in [0.1, 0.15) is 0 Å². The Bertz CT molecular complexity index is 265. The van der Waals surface area contributed by atoms with Crippen LogP contribution in [0.3, 0.4) is 0 Å². The monoisotopic (exact) mass is 252 g/mol. The van der Waals surface area contributed by atoms with Gasteiger partial charge < -0.3 is 10.5 Å². The van der Waals surface area contributed by atoms with Crippen LogP contribution in [0.15, 0.2) is 0 Å². The SMILES string of the molecule is CCOCCS(=O)(=O)NC(CCN)C(C)C. The summed E-state index contributed by atoms with van der Waals surface area (Å²) in [6.45, 7) is 7.05. The minimum absolute atomic E-state index is 0.00856. The Morgan fingerprint density at radius 3 is 2.44 bits per heavy atom. The topological polar surface area (TPSA) is 81.4 Å². The Balaban J connectivity index is 4.19. The molecule has 16 heavy (non-hydrogen) atoms. The Labute approximate surface area is 98.8 Å². The molecule has 0 aromatic rings. The van der Waals surface area contributed by atoms with Crippen LogP contribution >= 0.6 is 0 Å². The van der Waals surface area contributed by atoms with Crippen molar-refractivity contribution in [3.05, 3.63) is 0 Å². The smallest absolute Gasteiger partial charge is 0.214 e. The average molecular weight is 252 g/mol. The lowest BCUT2D eigenvalue weighted by molar-refractivity contribution is 0.163. The van der Waals surface area contributed by atoms with Crippen molar-refractivity contribution in [2.75, 3.05) is 25.5 Å². The second-order valence-electron chi connectivity index (χ2n) is 4.06. The fourth-order valence-corrected chi connectivity index (χ4v) is 2.62. The van der Waals surface area contributed by atoms with Gasteiger partial charge in [0.2, 0.25) is 10.0 Å². The van der Waals surface area contributed by atoms with Crippen LogP contribution in [-0.2, 0) is 14.8 Å². The summed E-state index contributed by atoms with van der Waals surface area (Å²) in [5.41, 5.74) is 5.45. The Kier molecular flexibility index (Phi) is 7.91. The van der Waals surface area contributed by atoms with Crippen molar-refractivity contribution in [2.24, 2.45) is 11.7 Å². The molecule has 0 heterocycles. The quantitative estimate of drug-likeness (QED) is 0.579. The van der Waals surface area contributed by atoms with E-state index in [0.717, 1.165) is 0 Å². The molecular formula is C10H24N2O3S. The minimum Gasteiger partial charge on any atom is -0.381 e. The molecule has 0 aromatic carbocycles. The maximum atomic E-state index is 11.7. The molecule has 0 fully saturated rings. The van der Waals surface area contributed by atoms with Gasteiger partial charge in [-0.05, 0) is 25.8 Å². The lowest BCUT2D eigenvalue weighted by Gasteiger charge is -2.21. The van der Waals surface area contributed by atoms with E-state index in [1.165, 1.54) is 0 Å². The summed E-state index contributed by atoms with van der Waals surface area (Å²) in [5, 5.41) is 0. The molecule has 0 aliphatic heterocycles. The molecule has 5 nitrogen and oxygen atoms in total. The molecule has 0 radical (unpaired) electrons. The molecule has 1 unspecified atom stereocenters. The van der Waals surface area contributed by atoms with Crippen LogP contribution in [-0.4, -0.2) is 40.0 Å². The largest absolute Gasteiger partial charge is 0.381 e. The van der Waals surface area contributed by atoms with Crippen LogP contribution in [0.2, 0.25) is 0 Å². The standard InChI is InChI=1S/C10H24N2O3S/c1-4-15-7-8-16(13,14)12-10(5-6-11)9(2)3/h9-10,12H,4-8,11H2,1-3H3. The van der Waals surface area contributed by atoms with Crippen LogP contribution in [0.1, 0.15) is 27.2 Å². The van der Waals surface area contributed by atoms with Crippen LogP contribution in [0, 0.1) is 5.92 Å². The molecule has 0 aromatic heterocycles. The van der Waals surface area contributed by atoms with Gasteiger partial charge in [0.25, 0.3) is 0 Å². The van der Waals surface area contributed by atoms with Crippen LogP contribution in [0.25, 0.3) is 0 Å². The zero-order chi connectivity index (χ0) is 12.6. The maximum absolute atomic E-state index is 11.7. The van der Waals surface area contributed by atoms with E-state index in [0.29, 0.717) is 19.6 Å². The summed E-state index contributed by atoms with van der Waals surface area (Å²) >= 11 is 0. The van der Waals surface area contributed by atoms with Crippen molar-refractivity contribution < 1.29 is 13.2 Å². The third-order valence-electron chi connectivity index (χ3n) is 2.31. The van der Waals surface area contributed by atoms with E-state index in [1.54, 1.807) is 0 Å². The second-order valence-corrected chi connectivity index (χ2v) is 5.93. The molecule has 0 rings (SSSR count). The van der Waals surface area contributed by atoms with Crippen molar-refractivity contribution >= 4 is 10.0 Å². The number of nitrogens with two attached hydrogens (primary N) is 1. The highest BCUT2D eigenvalue weighted by Gasteiger charge is 2.19. The molecule has 0 spiro atoms. The highest BCUT2D eigenvalue weighted by atomic mass is 32.2. The zero-order valence-corrected chi connectivity index (χ0v) is 11.2. The summed E-state index contributed by atoms with van der Waals surface area (Å²) in [6.07, 6.45) is 0.658. The third kappa shape index (κ3) is 7.16. The maximum Gasteiger partial charge on any atom is 0.214 e. The first-order valence-corrected chi connectivity index (χ1v) is 7.36. The van der Waals surface area contributed by atoms with Gasteiger partial charge in [0.05, 0.1) is 12.4 Å². The van der Waals surface area contributed by atoms with Crippen LogP contribution in [0.4, 0.5) is 0 Å². The van der Waals surface area contributed by atoms with Crippen molar-refractivity contribution in [2.45, 2.75) is 33.2 Å². The van der Waals surface area contributed by atoms with Crippen molar-refractivity contribution in [3.63, 3.8) is 0 Å². The average Bonchev–Trinajstić information content (AvgIpc) is 2.17. The van der Waals surface area contributed by atoms with Gasteiger partial charge in [0, 0.05) is 12.6 Å². The van der Waals surface area contributed by atoms with E-state index in [4.69, 9.17) is 10.5 Å². The normalized spacial score (nSPS) is 14.3. The zero-order valence-electron chi connectivity index (χ0n) is 10.4. The lowest BCUT2D eigenvalue weighted by Crippen LogP contribution is -2.41. The number of rotatable bonds is 9. The van der Waals surface area contributed by atoms with Crippen molar-refractivity contribution in [1.29, 1.82) is 0 Å². The predicted molar refractivity (Wildman–Crippen MR) is 65.7 cm³/mol. The van der Waals surface area contributed by atoms with Gasteiger partial charge in [-0.25, -0.2) is 13.1 Å². The summed E-state index contributed by atoms with van der Waals surface area (Å²) in [6, 6.07) is -0.0865. The lowest BCUT2D eigenvalue weighted by atomic mass is 10.0. The van der Waals surface area contributed by atoms with Gasteiger partial charge in [-0.15, -0.1) is 0 Å². The molecule has 98 valence electrons. The molecule has 0 aliphatic rings. The Morgan fingerprint density at radius 1 is 1.38 bits per heavy atom. The third-order valence-corrected chi connectivity index (χ3v) is 3.68. The molecular weight excluding hydrogens is 228 g/mol. The molecule has 1 atom stereocenters. The number of hydrogen-bond acceptors (Lipinski definition) is 4. The molecule has 0 saturated heterocycles. The van der Waals surface area contributed by atoms with Crippen molar-refractivity contribution in [1.82, 2.24) is 4.72 Å². The Morgan fingerprint density at radius 2 is 2.00 bits per heavy atom. The fourth-order valence-electron chi connectivity index (χ4n) is 1.31. The number of sulfonamides is 1. The van der Waals surface area contributed by atoms with E-state index in [9.17, 15) is 8.42 Å². The molecule has 0 amide bonds. The summed E-state index contributed by atoms with van der Waals surface area (Å²) in [4.78, 5) is 0. The van der Waals surface area contributed by atoms with E-state index in [2.05, 4.69) is 4.72 Å². The van der Waals surface area contributed by atoms with Gasteiger partial charge >= 0.3 is 0 Å². The number of hydrogen-bond donors (Lipinski definition) is 2. The summed E-state index contributed by atoms with van der Waals surface area (Å²) < 4.78 is 31.0. The van der Waals surface area contributed by atoms with Gasteiger partial charge in [-0.2, -0.15) is 0 Å². The first kappa shape index (κ1) is 15.8.